The van der Waals surface area contributed by atoms with E-state index in [1.54, 1.807) is 14.2 Å². The molecule has 0 amide bonds. The summed E-state index contributed by atoms with van der Waals surface area (Å²) in [5, 5.41) is 0. The molecule has 1 aliphatic carbocycles. The van der Waals surface area contributed by atoms with Gasteiger partial charge in [0.1, 0.15) is 11.5 Å². The van der Waals surface area contributed by atoms with E-state index >= 15 is 0 Å². The third kappa shape index (κ3) is 4.04. The van der Waals surface area contributed by atoms with Crippen molar-refractivity contribution >= 4 is 11.1 Å². The maximum Gasteiger partial charge on any atom is 0.119 e. The van der Waals surface area contributed by atoms with Gasteiger partial charge in [0.05, 0.1) is 14.2 Å². The minimum Gasteiger partial charge on any atom is -0.497 e. The van der Waals surface area contributed by atoms with Gasteiger partial charge in [-0.15, -0.1) is 0 Å². The maximum absolute atomic E-state index is 5.56. The molecule has 0 saturated carbocycles. The lowest BCUT2D eigenvalue weighted by molar-refractivity contribution is 0.414. The topological polar surface area (TPSA) is 18.5 Å². The number of methoxy groups -OCH3 is 2. The first-order chi connectivity index (χ1) is 16.7. The van der Waals surface area contributed by atoms with Crippen LogP contribution in [0.15, 0.2) is 115 Å². The van der Waals surface area contributed by atoms with Crippen molar-refractivity contribution < 1.29 is 9.47 Å². The van der Waals surface area contributed by atoms with Crippen LogP contribution in [0.2, 0.25) is 0 Å². The highest BCUT2D eigenvalue weighted by Gasteiger charge is 2.29. The minimum absolute atomic E-state index is 0.227. The third-order valence-electron chi connectivity index (χ3n) is 6.60. The summed E-state index contributed by atoms with van der Waals surface area (Å²) in [6.07, 6.45) is 2.38. The highest BCUT2D eigenvalue weighted by Crippen LogP contribution is 2.48. The summed E-state index contributed by atoms with van der Waals surface area (Å²) in [5.41, 5.74) is 9.92. The van der Waals surface area contributed by atoms with Crippen molar-refractivity contribution in [3.63, 3.8) is 0 Å². The fourth-order valence-electron chi connectivity index (χ4n) is 4.79. The second-order valence-electron chi connectivity index (χ2n) is 8.52. The standard InChI is InChI=1S/C32H28O2/c1-22-29-20-27(34-3)18-19-28(29)32(25-14-16-26(33-2)17-15-25)30(22)21-31(23-10-6-4-7-11-23)24-12-8-5-9-13-24/h4-22H,1-3H3. The summed E-state index contributed by atoms with van der Waals surface area (Å²) in [6.45, 7) is 2.29. The Morgan fingerprint density at radius 1 is 0.676 bits per heavy atom. The molecule has 1 unspecified atom stereocenters. The van der Waals surface area contributed by atoms with Gasteiger partial charge in [0.2, 0.25) is 0 Å². The molecule has 2 heteroatoms. The van der Waals surface area contributed by atoms with Crippen molar-refractivity contribution in [3.8, 4) is 11.5 Å². The number of allylic oxidation sites excluding steroid dienone is 2. The predicted octanol–water partition coefficient (Wildman–Crippen LogP) is 7.75. The highest BCUT2D eigenvalue weighted by atomic mass is 16.5. The summed E-state index contributed by atoms with van der Waals surface area (Å²) in [4.78, 5) is 0. The molecule has 0 aromatic heterocycles. The largest absolute Gasteiger partial charge is 0.497 e. The Balaban J connectivity index is 1.76. The van der Waals surface area contributed by atoms with Gasteiger partial charge in [-0.2, -0.15) is 0 Å². The average molecular weight is 445 g/mol. The Morgan fingerprint density at radius 2 is 1.24 bits per heavy atom. The molecule has 0 radical (unpaired) electrons. The molecular formula is C32H28O2. The molecule has 0 saturated heterocycles. The molecule has 0 bridgehead atoms. The zero-order valence-electron chi connectivity index (χ0n) is 19.8. The molecule has 0 heterocycles. The number of hydrogen-bond acceptors (Lipinski definition) is 2. The summed E-state index contributed by atoms with van der Waals surface area (Å²) in [6, 6.07) is 36.0. The van der Waals surface area contributed by atoms with Crippen molar-refractivity contribution in [2.45, 2.75) is 12.8 Å². The first-order valence-electron chi connectivity index (χ1n) is 11.6. The summed E-state index contributed by atoms with van der Waals surface area (Å²) in [7, 11) is 3.43. The molecule has 2 nitrogen and oxygen atoms in total. The van der Waals surface area contributed by atoms with Crippen LogP contribution in [-0.2, 0) is 0 Å². The van der Waals surface area contributed by atoms with Crippen molar-refractivity contribution in [1.29, 1.82) is 0 Å². The monoisotopic (exact) mass is 444 g/mol. The van der Waals surface area contributed by atoms with Crippen LogP contribution in [0.4, 0.5) is 0 Å². The number of hydrogen-bond donors (Lipinski definition) is 0. The molecule has 1 atom stereocenters. The zero-order valence-corrected chi connectivity index (χ0v) is 19.8. The Kier molecular flexibility index (Phi) is 6.05. The van der Waals surface area contributed by atoms with Gasteiger partial charge >= 0.3 is 0 Å². The first kappa shape index (κ1) is 21.8. The van der Waals surface area contributed by atoms with E-state index in [4.69, 9.17) is 9.47 Å². The molecule has 0 spiro atoms. The molecule has 0 fully saturated rings. The van der Waals surface area contributed by atoms with Crippen molar-refractivity contribution in [3.05, 3.63) is 143 Å². The summed E-state index contributed by atoms with van der Waals surface area (Å²) in [5.74, 6) is 1.97. The molecular weight excluding hydrogens is 416 g/mol. The van der Waals surface area contributed by atoms with Crippen LogP contribution in [0.3, 0.4) is 0 Å². The second-order valence-corrected chi connectivity index (χ2v) is 8.52. The van der Waals surface area contributed by atoms with E-state index in [0.29, 0.717) is 0 Å². The number of fused-ring (bicyclic) bond motifs is 1. The van der Waals surface area contributed by atoms with E-state index in [9.17, 15) is 0 Å². The van der Waals surface area contributed by atoms with Gasteiger partial charge in [-0.3, -0.25) is 0 Å². The quantitative estimate of drug-likeness (QED) is 0.303. The van der Waals surface area contributed by atoms with E-state index in [0.717, 1.165) is 11.5 Å². The minimum atomic E-state index is 0.227. The average Bonchev–Trinajstić information content (AvgIpc) is 3.18. The fraction of sp³-hybridized carbons (Fsp3) is 0.125. The van der Waals surface area contributed by atoms with Gasteiger partial charge in [-0.25, -0.2) is 0 Å². The lowest BCUT2D eigenvalue weighted by atomic mass is 9.90. The highest BCUT2D eigenvalue weighted by molar-refractivity contribution is 5.93. The van der Waals surface area contributed by atoms with Gasteiger partial charge in [0.25, 0.3) is 0 Å². The first-order valence-corrected chi connectivity index (χ1v) is 11.6. The lowest BCUT2D eigenvalue weighted by Gasteiger charge is -2.14. The summed E-state index contributed by atoms with van der Waals surface area (Å²) < 4.78 is 11.0. The Bertz CT molecular complexity index is 1310. The van der Waals surface area contributed by atoms with Gasteiger partial charge in [-0.1, -0.05) is 85.8 Å². The van der Waals surface area contributed by atoms with Gasteiger partial charge in [0, 0.05) is 5.92 Å². The zero-order chi connectivity index (χ0) is 23.5. The van der Waals surface area contributed by atoms with Crippen LogP contribution < -0.4 is 9.47 Å². The van der Waals surface area contributed by atoms with Crippen LogP contribution in [-0.4, -0.2) is 14.2 Å². The molecule has 0 aliphatic heterocycles. The lowest BCUT2D eigenvalue weighted by Crippen LogP contribution is -1.95. The molecule has 4 aromatic carbocycles. The third-order valence-corrected chi connectivity index (χ3v) is 6.60. The number of benzene rings is 4. The van der Waals surface area contributed by atoms with Crippen LogP contribution in [0.25, 0.3) is 11.1 Å². The summed E-state index contributed by atoms with van der Waals surface area (Å²) >= 11 is 0. The van der Waals surface area contributed by atoms with Crippen LogP contribution >= 0.6 is 0 Å². The Morgan fingerprint density at radius 3 is 1.79 bits per heavy atom. The van der Waals surface area contributed by atoms with Gasteiger partial charge in [-0.05, 0) is 74.9 Å². The van der Waals surface area contributed by atoms with E-state index in [1.165, 1.54) is 44.5 Å². The van der Waals surface area contributed by atoms with Crippen LogP contribution in [0.1, 0.15) is 40.7 Å². The fourth-order valence-corrected chi connectivity index (χ4v) is 4.79. The van der Waals surface area contributed by atoms with E-state index in [-0.39, 0.29) is 5.92 Å². The van der Waals surface area contributed by atoms with Gasteiger partial charge in [0.15, 0.2) is 0 Å². The molecule has 168 valence electrons. The second kappa shape index (κ2) is 9.44. The molecule has 4 aromatic rings. The molecule has 0 N–H and O–H groups in total. The van der Waals surface area contributed by atoms with Crippen LogP contribution in [0.5, 0.6) is 11.5 Å². The smallest absolute Gasteiger partial charge is 0.119 e. The van der Waals surface area contributed by atoms with E-state index in [1.807, 2.05) is 12.1 Å². The van der Waals surface area contributed by atoms with Crippen molar-refractivity contribution in [1.82, 2.24) is 0 Å². The Labute approximate surface area is 201 Å². The number of rotatable bonds is 6. The van der Waals surface area contributed by atoms with Crippen molar-refractivity contribution in [2.24, 2.45) is 0 Å². The number of ether oxygens (including phenoxy) is 2. The van der Waals surface area contributed by atoms with E-state index in [2.05, 4.69) is 104 Å². The Hall–Kier alpha value is -4.04. The van der Waals surface area contributed by atoms with Crippen molar-refractivity contribution in [2.75, 3.05) is 14.2 Å². The molecule has 5 rings (SSSR count). The molecule has 1 aliphatic rings. The SMILES string of the molecule is COc1ccc(C2=C(C=C(c3ccccc3)c3ccccc3)C(C)c3cc(OC)ccc32)cc1. The maximum atomic E-state index is 5.56. The molecule has 34 heavy (non-hydrogen) atoms. The van der Waals surface area contributed by atoms with Gasteiger partial charge < -0.3 is 9.47 Å². The van der Waals surface area contributed by atoms with E-state index < -0.39 is 0 Å². The van der Waals surface area contributed by atoms with Crippen LogP contribution in [0, 0.1) is 0 Å². The predicted molar refractivity (Wildman–Crippen MR) is 140 cm³/mol. The normalized spacial score (nSPS) is 14.5.